The number of benzene rings is 4. The fourth-order valence-electron chi connectivity index (χ4n) is 7.15. The van der Waals surface area contributed by atoms with Crippen molar-refractivity contribution >= 4 is 28.0 Å². The van der Waals surface area contributed by atoms with Crippen molar-refractivity contribution in [3.8, 4) is 11.1 Å². The van der Waals surface area contributed by atoms with Crippen LogP contribution in [0.5, 0.6) is 0 Å². The second-order valence-corrected chi connectivity index (χ2v) is 22.0. The first kappa shape index (κ1) is 36.5. The van der Waals surface area contributed by atoms with Crippen LogP contribution in [0.2, 0.25) is 0 Å². The van der Waals surface area contributed by atoms with Gasteiger partial charge in [-0.05, 0) is 0 Å². The molecule has 6 rings (SSSR count). The molecule has 3 heteroatoms. The predicted molar refractivity (Wildman–Crippen MR) is 202 cm³/mol. The average Bonchev–Trinajstić information content (AvgIpc) is 3.59. The van der Waals surface area contributed by atoms with Crippen molar-refractivity contribution in [2.45, 2.75) is 89.1 Å². The van der Waals surface area contributed by atoms with Crippen molar-refractivity contribution < 1.29 is 21.3 Å². The van der Waals surface area contributed by atoms with Crippen LogP contribution in [-0.2, 0) is 44.9 Å². The quantitative estimate of drug-likeness (QED) is 0.185. The fraction of sp³-hybridized carbons (Fsp3) is 0.326. The molecule has 0 aromatic heterocycles. The summed E-state index contributed by atoms with van der Waals surface area (Å²) in [5, 5.41) is 0. The Hall–Kier alpha value is -2.31. The van der Waals surface area contributed by atoms with Gasteiger partial charge < -0.3 is 0 Å². The van der Waals surface area contributed by atoms with Gasteiger partial charge in [0.05, 0.1) is 0 Å². The summed E-state index contributed by atoms with van der Waals surface area (Å²) < 4.78 is 4.04. The van der Waals surface area contributed by atoms with Gasteiger partial charge in [-0.25, -0.2) is 0 Å². The summed E-state index contributed by atoms with van der Waals surface area (Å²) in [6.07, 6.45) is 10.5. The van der Waals surface area contributed by atoms with Crippen LogP contribution < -0.4 is 0 Å². The van der Waals surface area contributed by atoms with Gasteiger partial charge >= 0.3 is 276 Å². The molecule has 46 heavy (non-hydrogen) atoms. The van der Waals surface area contributed by atoms with Crippen LogP contribution in [0, 0.1) is 13.8 Å². The maximum absolute atomic E-state index is 2.55. The number of aryl methyl sites for hydroxylation is 2. The summed E-state index contributed by atoms with van der Waals surface area (Å²) in [6.45, 7) is 18.5. The molecule has 0 aliphatic heterocycles. The summed E-state index contributed by atoms with van der Waals surface area (Å²) in [7, 11) is 0. The SMILES string of the molecule is Cc1cccc(C[C](Cc2cccc(C)c2)=[Zr]([C]2=CC=CC2)[CH]2c3ccc(C(C)(C)C)cc3-c3cc(C(C)(C)C)ccc32)c1.Cl.Cl. The zero-order chi connectivity index (χ0) is 31.2. The van der Waals surface area contributed by atoms with E-state index in [4.69, 9.17) is 0 Å². The molecule has 0 radical (unpaired) electrons. The van der Waals surface area contributed by atoms with E-state index < -0.39 is 21.3 Å². The Labute approximate surface area is 298 Å². The van der Waals surface area contributed by atoms with Gasteiger partial charge in [-0.3, -0.25) is 0 Å². The molecule has 0 amide bonds. The van der Waals surface area contributed by atoms with Crippen molar-refractivity contribution in [1.29, 1.82) is 0 Å². The van der Waals surface area contributed by atoms with Crippen LogP contribution in [-0.4, -0.2) is 3.21 Å². The first-order chi connectivity index (χ1) is 20.9. The summed E-state index contributed by atoms with van der Waals surface area (Å²) in [4.78, 5) is 0. The molecule has 0 heterocycles. The van der Waals surface area contributed by atoms with Gasteiger partial charge in [0, 0.05) is 0 Å². The molecule has 0 saturated carbocycles. The molecule has 4 aromatic carbocycles. The van der Waals surface area contributed by atoms with E-state index in [9.17, 15) is 0 Å². The maximum Gasteiger partial charge on any atom is -0.147 e. The zero-order valence-corrected chi connectivity index (χ0v) is 32.9. The summed E-state index contributed by atoms with van der Waals surface area (Å²) >= 11 is -2.54. The Kier molecular flexibility index (Phi) is 11.5. The molecular weight excluding hydrogens is 679 g/mol. The predicted octanol–water partition coefficient (Wildman–Crippen LogP) is 11.9. The van der Waals surface area contributed by atoms with Crippen LogP contribution >= 0.6 is 24.8 Å². The Balaban J connectivity index is 0.00000240. The van der Waals surface area contributed by atoms with Crippen LogP contribution in [0.4, 0.5) is 0 Å². The molecule has 0 nitrogen and oxygen atoms in total. The van der Waals surface area contributed by atoms with Crippen molar-refractivity contribution in [3.63, 3.8) is 0 Å². The molecular formula is C43H50Cl2Zr. The third-order valence-corrected chi connectivity index (χ3v) is 17.8. The van der Waals surface area contributed by atoms with Crippen molar-refractivity contribution in [1.82, 2.24) is 0 Å². The molecule has 2 aliphatic rings. The Bertz CT molecular complexity index is 1710. The van der Waals surface area contributed by atoms with E-state index in [1.54, 1.807) is 14.4 Å². The molecule has 0 fully saturated rings. The summed E-state index contributed by atoms with van der Waals surface area (Å²) in [6, 6.07) is 33.5. The molecule has 0 atom stereocenters. The number of fused-ring (bicyclic) bond motifs is 3. The fourth-order valence-corrected chi connectivity index (χ4v) is 16.4. The van der Waals surface area contributed by atoms with E-state index >= 15 is 0 Å². The molecule has 2 aliphatic carbocycles. The first-order valence-corrected chi connectivity index (χ1v) is 20.2. The van der Waals surface area contributed by atoms with Crippen LogP contribution in [0.15, 0.2) is 106 Å². The molecule has 0 unspecified atom stereocenters. The monoisotopic (exact) mass is 726 g/mol. The molecule has 0 bridgehead atoms. The smallest absolute Gasteiger partial charge is 0.147 e. The zero-order valence-electron chi connectivity index (χ0n) is 28.8. The summed E-state index contributed by atoms with van der Waals surface area (Å²) in [5.41, 5.74) is 14.8. The first-order valence-electron chi connectivity index (χ1n) is 16.4. The minimum atomic E-state index is -2.54. The third-order valence-electron chi connectivity index (χ3n) is 9.54. The molecule has 4 aromatic rings. The van der Waals surface area contributed by atoms with E-state index in [1.807, 2.05) is 3.21 Å². The Morgan fingerprint density at radius 1 is 0.652 bits per heavy atom. The number of hydrogen-bond acceptors (Lipinski definition) is 0. The van der Waals surface area contributed by atoms with E-state index in [-0.39, 0.29) is 35.6 Å². The summed E-state index contributed by atoms with van der Waals surface area (Å²) in [5.74, 6) is 0. The van der Waals surface area contributed by atoms with Gasteiger partial charge in [0.15, 0.2) is 0 Å². The van der Waals surface area contributed by atoms with Crippen LogP contribution in [0.25, 0.3) is 11.1 Å². The average molecular weight is 729 g/mol. The van der Waals surface area contributed by atoms with Gasteiger partial charge in [0.2, 0.25) is 0 Å². The van der Waals surface area contributed by atoms with E-state index in [2.05, 4.69) is 159 Å². The minimum Gasteiger partial charge on any atom is -0.147 e. The van der Waals surface area contributed by atoms with E-state index in [0.29, 0.717) is 3.63 Å². The molecule has 240 valence electrons. The van der Waals surface area contributed by atoms with E-state index in [0.717, 1.165) is 19.3 Å². The Morgan fingerprint density at radius 3 is 1.52 bits per heavy atom. The van der Waals surface area contributed by atoms with Crippen molar-refractivity contribution in [3.05, 3.63) is 151 Å². The standard InChI is InChI=1S/C21H25.C17H18.C5H5.2ClH.Zr/c1-20(2,3)16-9-7-14-11-15-8-10-17(21(4,5)6)13-19(15)18(14)12-16;1-14-6-3-8-16(12-14)10-5-11-17-9-4-7-15(2)13-17;1-2-4-5-3-1;;;/h7-13H,1-6H3;3-4,6-9,12-13H,10-11H2,1-2H3;1-3H,4H2;2*1H;. The molecule has 0 spiro atoms. The molecule has 0 saturated heterocycles. The Morgan fingerprint density at radius 2 is 1.13 bits per heavy atom. The van der Waals surface area contributed by atoms with Gasteiger partial charge in [-0.15, -0.1) is 24.8 Å². The van der Waals surface area contributed by atoms with Gasteiger partial charge in [-0.2, -0.15) is 0 Å². The van der Waals surface area contributed by atoms with Gasteiger partial charge in [-0.1, -0.05) is 0 Å². The number of halogens is 2. The molecule has 0 N–H and O–H groups in total. The van der Waals surface area contributed by atoms with Crippen molar-refractivity contribution in [2.75, 3.05) is 0 Å². The normalized spacial score (nSPS) is 13.8. The third kappa shape index (κ3) is 7.70. The largest absolute Gasteiger partial charge is 0.147 e. The van der Waals surface area contributed by atoms with E-state index in [1.165, 1.54) is 44.5 Å². The van der Waals surface area contributed by atoms with Gasteiger partial charge in [0.1, 0.15) is 0 Å². The number of allylic oxidation sites excluding steroid dienone is 4. The maximum atomic E-state index is 2.55. The minimum absolute atomic E-state index is 0. The second kappa shape index (κ2) is 14.4. The second-order valence-electron chi connectivity index (χ2n) is 15.2. The number of hydrogen-bond donors (Lipinski definition) is 0. The van der Waals surface area contributed by atoms with Crippen LogP contribution in [0.3, 0.4) is 0 Å². The van der Waals surface area contributed by atoms with Crippen LogP contribution in [0.1, 0.15) is 96.1 Å². The topological polar surface area (TPSA) is 0 Å². The number of rotatable bonds is 6. The van der Waals surface area contributed by atoms with Crippen molar-refractivity contribution in [2.24, 2.45) is 0 Å². The van der Waals surface area contributed by atoms with Gasteiger partial charge in [0.25, 0.3) is 0 Å².